The summed E-state index contributed by atoms with van der Waals surface area (Å²) >= 11 is -0.639. The second-order valence-electron chi connectivity index (χ2n) is 0.549. The van der Waals surface area contributed by atoms with Gasteiger partial charge in [0.05, 0.1) is 0 Å². The van der Waals surface area contributed by atoms with Crippen LogP contribution in [0.5, 0.6) is 0 Å². The summed E-state index contributed by atoms with van der Waals surface area (Å²) in [5, 5.41) is 0. The second kappa shape index (κ2) is 9.75. The Morgan fingerprint density at radius 2 is 1.22 bits per heavy atom. The molecule has 4 nitrogen and oxygen atoms in total. The minimum atomic E-state index is -4.67. The molecule has 0 unspecified atom stereocenters. The molecule has 0 aromatic carbocycles. The SMILES string of the molecule is O=S(=O)(O)O.[AlH3].[Cl][Mg][Cl]. The van der Waals surface area contributed by atoms with E-state index < -0.39 is 28.6 Å². The molecule has 0 fully saturated rings. The summed E-state index contributed by atoms with van der Waals surface area (Å²) in [6.45, 7) is 0. The van der Waals surface area contributed by atoms with Crippen LogP contribution in [-0.4, -0.2) is 53.0 Å². The van der Waals surface area contributed by atoms with Crippen molar-refractivity contribution in [2.75, 3.05) is 0 Å². The van der Waals surface area contributed by atoms with Gasteiger partial charge in [0, 0.05) is 0 Å². The molecule has 9 heavy (non-hydrogen) atoms. The number of rotatable bonds is 0. The Morgan fingerprint density at radius 1 is 1.22 bits per heavy atom. The zero-order chi connectivity index (χ0) is 7.21. The van der Waals surface area contributed by atoms with E-state index in [-0.39, 0.29) is 17.4 Å². The van der Waals surface area contributed by atoms with Gasteiger partial charge in [0.15, 0.2) is 17.4 Å². The van der Waals surface area contributed by atoms with Crippen molar-refractivity contribution >= 4 is 64.1 Å². The zero-order valence-corrected chi connectivity index (χ0v) is 7.32. The average Bonchev–Trinajstić information content (AvgIpc) is 1.27. The molecule has 0 saturated heterocycles. The third-order valence-corrected chi connectivity index (χ3v) is 0. The molecule has 0 aliphatic rings. The molecule has 0 bridgehead atoms. The average molecular weight is 223 g/mol. The van der Waals surface area contributed by atoms with Crippen molar-refractivity contribution in [3.05, 3.63) is 0 Å². The van der Waals surface area contributed by atoms with Gasteiger partial charge in [0.25, 0.3) is 0 Å². The van der Waals surface area contributed by atoms with Gasteiger partial charge in [0.2, 0.25) is 0 Å². The molecule has 0 amide bonds. The van der Waals surface area contributed by atoms with Crippen LogP contribution in [0.2, 0.25) is 0 Å². The van der Waals surface area contributed by atoms with E-state index in [9.17, 15) is 0 Å². The maximum Gasteiger partial charge on any atom is 0.618 e. The van der Waals surface area contributed by atoms with Crippen LogP contribution in [-0.2, 0) is 10.4 Å². The number of hydrogen-bond donors (Lipinski definition) is 2. The molecule has 0 atom stereocenters. The zero-order valence-electron chi connectivity index (χ0n) is 3.58. The lowest BCUT2D eigenvalue weighted by atomic mass is 15.8. The summed E-state index contributed by atoms with van der Waals surface area (Å²) in [5.74, 6) is 0. The van der Waals surface area contributed by atoms with Gasteiger partial charge in [-0.05, 0) is 0 Å². The van der Waals surface area contributed by atoms with Crippen molar-refractivity contribution in [3.8, 4) is 0 Å². The molecule has 0 aromatic rings. The maximum absolute atomic E-state index is 8.74. The van der Waals surface area contributed by atoms with Gasteiger partial charge in [-0.1, -0.05) is 0 Å². The summed E-state index contributed by atoms with van der Waals surface area (Å²) in [5.41, 5.74) is 0. The van der Waals surface area contributed by atoms with Gasteiger partial charge in [-0.3, -0.25) is 9.11 Å². The summed E-state index contributed by atoms with van der Waals surface area (Å²) in [7, 11) is 5.14. The first-order valence-electron chi connectivity index (χ1n) is 1.23. The summed E-state index contributed by atoms with van der Waals surface area (Å²) in [6.07, 6.45) is 0. The van der Waals surface area contributed by atoms with Crippen molar-refractivity contribution in [2.24, 2.45) is 0 Å². The van der Waals surface area contributed by atoms with Crippen LogP contribution in [0.15, 0.2) is 0 Å². The quantitative estimate of drug-likeness (QED) is 0.415. The minimum Gasteiger partial charge on any atom is -0.309 e. The lowest BCUT2D eigenvalue weighted by Gasteiger charge is -1.68. The highest BCUT2D eigenvalue weighted by molar-refractivity contribution is 7.79. The van der Waals surface area contributed by atoms with Gasteiger partial charge in [-0.25, -0.2) is 0 Å². The monoisotopic (exact) mass is 222 g/mol. The van der Waals surface area contributed by atoms with E-state index >= 15 is 0 Å². The molecule has 0 rings (SSSR count). The van der Waals surface area contributed by atoms with Crippen LogP contribution in [0.4, 0.5) is 0 Å². The summed E-state index contributed by atoms with van der Waals surface area (Å²) in [4.78, 5) is 0. The highest BCUT2D eigenvalue weighted by Gasteiger charge is 1.84. The van der Waals surface area contributed by atoms with E-state index in [1.807, 2.05) is 0 Å². The summed E-state index contributed by atoms with van der Waals surface area (Å²) < 4.78 is 31.6. The fourth-order valence-corrected chi connectivity index (χ4v) is 0. The van der Waals surface area contributed by atoms with Crippen LogP contribution in [0.3, 0.4) is 0 Å². The van der Waals surface area contributed by atoms with Gasteiger partial charge in [0.1, 0.15) is 0 Å². The van der Waals surface area contributed by atoms with Crippen molar-refractivity contribution < 1.29 is 17.5 Å². The standard InChI is InChI=1S/Al.2ClH.Mg.H2O4S.3H/c;;;;1-5(2,3)4;;;/h;2*1H;;(H2,1,2,3,4);;;/q;;;+2;;;;/p-2. The van der Waals surface area contributed by atoms with Crippen LogP contribution in [0.1, 0.15) is 0 Å². The summed E-state index contributed by atoms with van der Waals surface area (Å²) in [6, 6.07) is 0. The fourth-order valence-electron chi connectivity index (χ4n) is 0. The molecular formula is H5AlCl2MgO4S. The smallest absolute Gasteiger partial charge is 0.309 e. The Morgan fingerprint density at radius 3 is 1.22 bits per heavy atom. The Hall–Kier alpha value is 1.75. The molecule has 0 aliphatic heterocycles. The van der Waals surface area contributed by atoms with Gasteiger partial charge in [-0.2, -0.15) is 8.42 Å². The first-order chi connectivity index (χ1) is 3.41. The lowest BCUT2D eigenvalue weighted by Crippen LogP contribution is -1.89. The van der Waals surface area contributed by atoms with Crippen molar-refractivity contribution in [1.82, 2.24) is 0 Å². The van der Waals surface area contributed by atoms with E-state index in [4.69, 9.17) is 35.7 Å². The largest absolute Gasteiger partial charge is 0.618 e. The van der Waals surface area contributed by atoms with Crippen LogP contribution >= 0.6 is 18.1 Å². The molecule has 0 heterocycles. The van der Waals surface area contributed by atoms with Gasteiger partial charge >= 0.3 is 28.6 Å². The van der Waals surface area contributed by atoms with Crippen LogP contribution in [0.25, 0.3) is 0 Å². The van der Waals surface area contributed by atoms with Crippen molar-refractivity contribution in [1.29, 1.82) is 0 Å². The van der Waals surface area contributed by atoms with Crippen LogP contribution in [0, 0.1) is 0 Å². The predicted molar refractivity (Wildman–Crippen MR) is 41.6 cm³/mol. The number of hydrogen-bond acceptors (Lipinski definition) is 2. The minimum absolute atomic E-state index is 0. The third-order valence-electron chi connectivity index (χ3n) is 0. The third kappa shape index (κ3) is 191. The number of halogens is 2. The molecule has 9 heteroatoms. The second-order valence-corrected chi connectivity index (χ2v) is 4.07. The van der Waals surface area contributed by atoms with Crippen molar-refractivity contribution in [2.45, 2.75) is 0 Å². The van der Waals surface area contributed by atoms with E-state index in [0.717, 1.165) is 0 Å². The fraction of sp³-hybridized carbons (Fsp3) is 0. The first kappa shape index (κ1) is 17.0. The van der Waals surface area contributed by atoms with E-state index in [1.54, 1.807) is 0 Å². The Labute approximate surface area is 80.9 Å². The van der Waals surface area contributed by atoms with Crippen LogP contribution < -0.4 is 0 Å². The Bertz CT molecular complexity index is 113. The maximum atomic E-state index is 8.74. The molecule has 0 saturated carbocycles. The molecule has 0 spiro atoms. The molecule has 54 valence electrons. The van der Waals surface area contributed by atoms with E-state index in [1.165, 1.54) is 0 Å². The van der Waals surface area contributed by atoms with Crippen molar-refractivity contribution in [3.63, 3.8) is 0 Å². The van der Waals surface area contributed by atoms with E-state index in [2.05, 4.69) is 0 Å². The topological polar surface area (TPSA) is 74.6 Å². The lowest BCUT2D eigenvalue weighted by molar-refractivity contribution is 0.381. The molecule has 0 aromatic heterocycles. The van der Waals surface area contributed by atoms with E-state index in [0.29, 0.717) is 0 Å². The van der Waals surface area contributed by atoms with Gasteiger partial charge in [-0.15, -0.1) is 0 Å². The Kier molecular flexibility index (Phi) is 18.4. The molecule has 2 N–H and O–H groups in total. The first-order valence-corrected chi connectivity index (χ1v) is 6.91. The molecular weight excluding hydrogens is 218 g/mol. The highest BCUT2D eigenvalue weighted by Crippen LogP contribution is 1.67. The van der Waals surface area contributed by atoms with Gasteiger partial charge < -0.3 is 18.1 Å². The normalized spacial score (nSPS) is 7.56. The predicted octanol–water partition coefficient (Wildman–Crippen LogP) is -0.839. The molecule has 0 radical (unpaired) electrons. The Balaban J connectivity index is -0.0000000800. The molecule has 0 aliphatic carbocycles. The highest BCUT2D eigenvalue weighted by atomic mass is 35.6.